The summed E-state index contributed by atoms with van der Waals surface area (Å²) >= 11 is 0. The van der Waals surface area contributed by atoms with Gasteiger partial charge in [0.15, 0.2) is 6.61 Å². The van der Waals surface area contributed by atoms with E-state index in [2.05, 4.69) is 19.2 Å². The van der Waals surface area contributed by atoms with Crippen molar-refractivity contribution in [2.24, 2.45) is 5.92 Å². The molecule has 1 aromatic rings. The van der Waals surface area contributed by atoms with Crippen molar-refractivity contribution < 1.29 is 14.6 Å². The number of rotatable bonds is 6. The number of benzene rings is 1. The summed E-state index contributed by atoms with van der Waals surface area (Å²) in [5, 5.41) is 13.3. The number of carbonyl (C=O) groups excluding carboxylic acids is 1. The van der Waals surface area contributed by atoms with Crippen LogP contribution in [0.2, 0.25) is 0 Å². The summed E-state index contributed by atoms with van der Waals surface area (Å²) in [7, 11) is 0. The number of hydrogen-bond donors (Lipinski definition) is 2. The number of unbranched alkanes of at least 4 members (excludes halogenated alkanes) is 1. The van der Waals surface area contributed by atoms with Crippen molar-refractivity contribution in [3.63, 3.8) is 0 Å². The minimum Gasteiger partial charge on any atom is -0.482 e. The van der Waals surface area contributed by atoms with Crippen LogP contribution in [-0.4, -0.2) is 17.6 Å². The molecule has 0 bridgehead atoms. The Hall–Kier alpha value is -1.55. The number of hydrogen-bond acceptors (Lipinski definition) is 3. The first kappa shape index (κ1) is 14.9. The number of ether oxygens (including phenoxy) is 1. The Morgan fingerprint density at radius 2 is 2.20 bits per heavy atom. The Labute approximate surface area is 120 Å². The van der Waals surface area contributed by atoms with Crippen LogP contribution >= 0.6 is 0 Å². The highest BCUT2D eigenvalue weighted by Gasteiger charge is 2.22. The van der Waals surface area contributed by atoms with Crippen molar-refractivity contribution in [2.45, 2.75) is 45.6 Å². The van der Waals surface area contributed by atoms with Crippen LogP contribution in [0.5, 0.6) is 5.75 Å². The molecule has 4 heteroatoms. The van der Waals surface area contributed by atoms with Crippen LogP contribution in [0.1, 0.15) is 51.2 Å². The zero-order valence-electron chi connectivity index (χ0n) is 12.2. The molecule has 0 aromatic heterocycles. The molecule has 0 radical (unpaired) electrons. The molecule has 0 saturated heterocycles. The Kier molecular flexibility index (Phi) is 5.01. The Morgan fingerprint density at radius 1 is 1.40 bits per heavy atom. The zero-order valence-corrected chi connectivity index (χ0v) is 12.2. The maximum absolute atomic E-state index is 11.3. The van der Waals surface area contributed by atoms with Gasteiger partial charge in [0.05, 0.1) is 11.8 Å². The molecule has 2 unspecified atom stereocenters. The molecule has 0 fully saturated rings. The fourth-order valence-corrected chi connectivity index (χ4v) is 2.61. The second kappa shape index (κ2) is 6.75. The lowest BCUT2D eigenvalue weighted by Crippen LogP contribution is -2.25. The lowest BCUT2D eigenvalue weighted by molar-refractivity contribution is -0.118. The molecule has 1 aliphatic heterocycles. The second-order valence-corrected chi connectivity index (χ2v) is 5.35. The third-order valence-electron chi connectivity index (χ3n) is 3.88. The fourth-order valence-electron chi connectivity index (χ4n) is 2.61. The van der Waals surface area contributed by atoms with E-state index < -0.39 is 6.10 Å². The first-order chi connectivity index (χ1) is 9.65. The molecule has 4 nitrogen and oxygen atoms in total. The SMILES string of the molecule is CCCCC(CC)C(O)c1ccc2c(c1)NC(=O)CO2. The predicted molar refractivity (Wildman–Crippen MR) is 78.8 cm³/mol. The summed E-state index contributed by atoms with van der Waals surface area (Å²) in [5.41, 5.74) is 1.50. The van der Waals surface area contributed by atoms with Gasteiger partial charge in [0.25, 0.3) is 5.91 Å². The van der Waals surface area contributed by atoms with Gasteiger partial charge in [-0.3, -0.25) is 4.79 Å². The summed E-state index contributed by atoms with van der Waals surface area (Å²) in [6, 6.07) is 5.53. The highest BCUT2D eigenvalue weighted by Crippen LogP contribution is 2.34. The second-order valence-electron chi connectivity index (χ2n) is 5.35. The van der Waals surface area contributed by atoms with E-state index in [0.717, 1.165) is 31.2 Å². The molecule has 110 valence electrons. The van der Waals surface area contributed by atoms with Gasteiger partial charge in [0, 0.05) is 0 Å². The van der Waals surface area contributed by atoms with Crippen LogP contribution in [0, 0.1) is 5.92 Å². The Morgan fingerprint density at radius 3 is 2.90 bits per heavy atom. The van der Waals surface area contributed by atoms with Crippen LogP contribution in [0.25, 0.3) is 0 Å². The van der Waals surface area contributed by atoms with Crippen LogP contribution < -0.4 is 10.1 Å². The van der Waals surface area contributed by atoms with Gasteiger partial charge in [-0.1, -0.05) is 39.2 Å². The summed E-state index contributed by atoms with van der Waals surface area (Å²) in [5.74, 6) is 0.775. The van der Waals surface area contributed by atoms with Crippen molar-refractivity contribution in [3.05, 3.63) is 23.8 Å². The van der Waals surface area contributed by atoms with Gasteiger partial charge in [-0.15, -0.1) is 0 Å². The van der Waals surface area contributed by atoms with Crippen LogP contribution in [0.15, 0.2) is 18.2 Å². The van der Waals surface area contributed by atoms with Gasteiger partial charge < -0.3 is 15.2 Å². The molecule has 1 aliphatic rings. The molecule has 20 heavy (non-hydrogen) atoms. The standard InChI is InChI=1S/C16H23NO3/c1-3-5-6-11(4-2)16(19)12-7-8-14-13(9-12)17-15(18)10-20-14/h7-9,11,16,19H,3-6,10H2,1-2H3,(H,17,18). The number of aliphatic hydroxyl groups excluding tert-OH is 1. The smallest absolute Gasteiger partial charge is 0.262 e. The van der Waals surface area contributed by atoms with Crippen molar-refractivity contribution in [1.29, 1.82) is 0 Å². The monoisotopic (exact) mass is 277 g/mol. The average molecular weight is 277 g/mol. The Balaban J connectivity index is 2.15. The number of amides is 1. The molecule has 1 heterocycles. The van der Waals surface area contributed by atoms with Crippen LogP contribution in [0.4, 0.5) is 5.69 Å². The van der Waals surface area contributed by atoms with E-state index in [0.29, 0.717) is 11.4 Å². The van der Waals surface area contributed by atoms with E-state index in [1.54, 1.807) is 0 Å². The van der Waals surface area contributed by atoms with E-state index in [-0.39, 0.29) is 18.4 Å². The lowest BCUT2D eigenvalue weighted by atomic mass is 9.89. The summed E-state index contributed by atoms with van der Waals surface area (Å²) in [6.45, 7) is 4.32. The molecule has 0 aliphatic carbocycles. The maximum atomic E-state index is 11.3. The van der Waals surface area contributed by atoms with Gasteiger partial charge in [-0.05, 0) is 30.0 Å². The third kappa shape index (κ3) is 3.31. The maximum Gasteiger partial charge on any atom is 0.262 e. The van der Waals surface area contributed by atoms with Gasteiger partial charge in [0.1, 0.15) is 5.75 Å². The van der Waals surface area contributed by atoms with E-state index in [1.165, 1.54) is 0 Å². The number of fused-ring (bicyclic) bond motifs is 1. The average Bonchev–Trinajstić information content (AvgIpc) is 2.47. The molecule has 1 aromatic carbocycles. The Bertz CT molecular complexity index is 473. The molecule has 2 rings (SSSR count). The van der Waals surface area contributed by atoms with E-state index in [1.807, 2.05) is 18.2 Å². The van der Waals surface area contributed by atoms with E-state index in [9.17, 15) is 9.90 Å². The predicted octanol–water partition coefficient (Wildman–Crippen LogP) is 3.27. The normalized spacial score (nSPS) is 16.9. The lowest BCUT2D eigenvalue weighted by Gasteiger charge is -2.24. The van der Waals surface area contributed by atoms with Gasteiger partial charge >= 0.3 is 0 Å². The molecule has 0 saturated carbocycles. The molecular formula is C16H23NO3. The highest BCUT2D eigenvalue weighted by atomic mass is 16.5. The molecular weight excluding hydrogens is 254 g/mol. The van der Waals surface area contributed by atoms with Crippen molar-refractivity contribution in [1.82, 2.24) is 0 Å². The quantitative estimate of drug-likeness (QED) is 0.839. The van der Waals surface area contributed by atoms with Crippen molar-refractivity contribution in [2.75, 3.05) is 11.9 Å². The molecule has 2 atom stereocenters. The van der Waals surface area contributed by atoms with Gasteiger partial charge in [-0.25, -0.2) is 0 Å². The van der Waals surface area contributed by atoms with Crippen LogP contribution in [0.3, 0.4) is 0 Å². The van der Waals surface area contributed by atoms with E-state index >= 15 is 0 Å². The zero-order chi connectivity index (χ0) is 14.5. The van der Waals surface area contributed by atoms with Crippen molar-refractivity contribution in [3.8, 4) is 5.75 Å². The minimum atomic E-state index is -0.490. The largest absolute Gasteiger partial charge is 0.482 e. The first-order valence-electron chi connectivity index (χ1n) is 7.40. The molecule has 2 N–H and O–H groups in total. The molecule has 0 spiro atoms. The third-order valence-corrected chi connectivity index (χ3v) is 3.88. The summed E-state index contributed by atoms with van der Waals surface area (Å²) < 4.78 is 5.33. The minimum absolute atomic E-state index is 0.0585. The van der Waals surface area contributed by atoms with Crippen LogP contribution in [-0.2, 0) is 4.79 Å². The van der Waals surface area contributed by atoms with Gasteiger partial charge in [0.2, 0.25) is 0 Å². The number of carbonyl (C=O) groups is 1. The summed E-state index contributed by atoms with van der Waals surface area (Å²) in [6.07, 6.45) is 3.74. The van der Waals surface area contributed by atoms with Crippen molar-refractivity contribution >= 4 is 11.6 Å². The fraction of sp³-hybridized carbons (Fsp3) is 0.562. The summed E-state index contributed by atoms with van der Waals surface area (Å²) in [4.78, 5) is 11.3. The number of nitrogens with one attached hydrogen (secondary N) is 1. The molecule has 1 amide bonds. The number of anilines is 1. The van der Waals surface area contributed by atoms with Gasteiger partial charge in [-0.2, -0.15) is 0 Å². The number of aliphatic hydroxyl groups is 1. The highest BCUT2D eigenvalue weighted by molar-refractivity contribution is 5.95. The topological polar surface area (TPSA) is 58.6 Å². The van der Waals surface area contributed by atoms with E-state index in [4.69, 9.17) is 4.74 Å². The first-order valence-corrected chi connectivity index (χ1v) is 7.40.